The van der Waals surface area contributed by atoms with Gasteiger partial charge in [-0.3, -0.25) is 0 Å². The number of piperidine rings is 1. The molecule has 26 heavy (non-hydrogen) atoms. The number of aliphatic hydroxyl groups is 1. The first-order chi connectivity index (χ1) is 12.7. The van der Waals surface area contributed by atoms with Crippen LogP contribution in [0.5, 0.6) is 11.5 Å². The number of likely N-dealkylation sites (tertiary alicyclic amines) is 1. The highest BCUT2D eigenvalue weighted by Crippen LogP contribution is 2.39. The summed E-state index contributed by atoms with van der Waals surface area (Å²) in [5, 5.41) is 10.9. The van der Waals surface area contributed by atoms with Crippen LogP contribution in [0, 0.1) is 5.92 Å². The summed E-state index contributed by atoms with van der Waals surface area (Å²) in [5.74, 6) is 1.57. The first kappa shape index (κ1) is 18.7. The van der Waals surface area contributed by atoms with Crippen molar-refractivity contribution in [1.82, 2.24) is 4.90 Å². The lowest BCUT2D eigenvalue weighted by Crippen LogP contribution is -2.36. The van der Waals surface area contributed by atoms with Crippen LogP contribution in [0.3, 0.4) is 0 Å². The van der Waals surface area contributed by atoms with Crippen LogP contribution in [0.2, 0.25) is 0 Å². The third kappa shape index (κ3) is 4.37. The van der Waals surface area contributed by atoms with Crippen LogP contribution in [-0.4, -0.2) is 43.9 Å². The number of ether oxygens (including phenoxy) is 2. The Labute approximate surface area is 156 Å². The second-order valence-corrected chi connectivity index (χ2v) is 6.94. The van der Waals surface area contributed by atoms with E-state index >= 15 is 0 Å². The minimum absolute atomic E-state index is 0.254. The highest BCUT2D eigenvalue weighted by atomic mass is 16.5. The van der Waals surface area contributed by atoms with Gasteiger partial charge in [-0.05, 0) is 49.9 Å². The van der Waals surface area contributed by atoms with Crippen molar-refractivity contribution in [1.29, 1.82) is 0 Å². The minimum atomic E-state index is -0.517. The van der Waals surface area contributed by atoms with E-state index in [0.29, 0.717) is 11.5 Å². The SMILES string of the molecule is COc1cccc(C(O)C2CCN(CCc3ccccc3)CC2)c1OC. The summed E-state index contributed by atoms with van der Waals surface area (Å²) >= 11 is 0. The Balaban J connectivity index is 1.56. The molecular weight excluding hydrogens is 326 g/mol. The lowest BCUT2D eigenvalue weighted by Gasteiger charge is -2.34. The molecule has 1 heterocycles. The van der Waals surface area contributed by atoms with Crippen molar-refractivity contribution < 1.29 is 14.6 Å². The topological polar surface area (TPSA) is 41.9 Å². The molecule has 0 bridgehead atoms. The number of methoxy groups -OCH3 is 2. The molecule has 140 valence electrons. The van der Waals surface area contributed by atoms with Crippen LogP contribution in [-0.2, 0) is 6.42 Å². The number of aliphatic hydroxyl groups excluding tert-OH is 1. The molecule has 1 saturated heterocycles. The van der Waals surface area contributed by atoms with Gasteiger partial charge >= 0.3 is 0 Å². The highest BCUT2D eigenvalue weighted by Gasteiger charge is 2.28. The van der Waals surface area contributed by atoms with Gasteiger partial charge in [0.15, 0.2) is 11.5 Å². The monoisotopic (exact) mass is 355 g/mol. The maximum Gasteiger partial charge on any atom is 0.166 e. The van der Waals surface area contributed by atoms with E-state index in [-0.39, 0.29) is 5.92 Å². The fraction of sp³-hybridized carbons (Fsp3) is 0.455. The molecule has 1 aliphatic heterocycles. The van der Waals surface area contributed by atoms with Crippen molar-refractivity contribution in [2.45, 2.75) is 25.4 Å². The molecule has 2 aromatic carbocycles. The standard InChI is InChI=1S/C22H29NO3/c1-25-20-10-6-9-19(22(20)26-2)21(24)18-12-15-23(16-13-18)14-11-17-7-4-3-5-8-17/h3-10,18,21,24H,11-16H2,1-2H3. The Kier molecular flexibility index (Phi) is 6.53. The summed E-state index contributed by atoms with van der Waals surface area (Å²) in [5.41, 5.74) is 2.21. The maximum atomic E-state index is 10.9. The van der Waals surface area contributed by atoms with E-state index < -0.39 is 6.10 Å². The van der Waals surface area contributed by atoms with E-state index in [4.69, 9.17) is 9.47 Å². The Bertz CT molecular complexity index is 681. The molecule has 1 N–H and O–H groups in total. The van der Waals surface area contributed by atoms with E-state index in [9.17, 15) is 5.11 Å². The third-order valence-corrected chi connectivity index (χ3v) is 5.39. The van der Waals surface area contributed by atoms with Crippen molar-refractivity contribution in [2.24, 2.45) is 5.92 Å². The fourth-order valence-electron chi connectivity index (χ4n) is 3.82. The quantitative estimate of drug-likeness (QED) is 0.822. The zero-order chi connectivity index (χ0) is 18.4. The van der Waals surface area contributed by atoms with Gasteiger partial charge in [0.2, 0.25) is 0 Å². The van der Waals surface area contributed by atoms with Crippen molar-refractivity contribution in [3.05, 3.63) is 59.7 Å². The average molecular weight is 355 g/mol. The van der Waals surface area contributed by atoms with E-state index in [0.717, 1.165) is 44.5 Å². The largest absolute Gasteiger partial charge is 0.493 e. The second-order valence-electron chi connectivity index (χ2n) is 6.94. The molecule has 0 amide bonds. The highest BCUT2D eigenvalue weighted by molar-refractivity contribution is 5.47. The smallest absolute Gasteiger partial charge is 0.166 e. The molecule has 0 spiro atoms. The molecule has 0 aliphatic carbocycles. The average Bonchev–Trinajstić information content (AvgIpc) is 2.72. The molecule has 4 nitrogen and oxygen atoms in total. The fourth-order valence-corrected chi connectivity index (χ4v) is 3.82. The maximum absolute atomic E-state index is 10.9. The summed E-state index contributed by atoms with van der Waals surface area (Å²) in [6.07, 6.45) is 2.56. The number of benzene rings is 2. The molecule has 4 heteroatoms. The van der Waals surface area contributed by atoms with Gasteiger partial charge in [-0.2, -0.15) is 0 Å². The van der Waals surface area contributed by atoms with Crippen LogP contribution >= 0.6 is 0 Å². The van der Waals surface area contributed by atoms with Crippen LogP contribution < -0.4 is 9.47 Å². The van der Waals surface area contributed by atoms with Gasteiger partial charge in [0, 0.05) is 12.1 Å². The lowest BCUT2D eigenvalue weighted by molar-refractivity contribution is 0.0573. The van der Waals surface area contributed by atoms with Gasteiger partial charge in [-0.1, -0.05) is 42.5 Å². The molecule has 1 atom stereocenters. The zero-order valence-corrected chi connectivity index (χ0v) is 15.7. The van der Waals surface area contributed by atoms with Gasteiger partial charge in [0.1, 0.15) is 0 Å². The van der Waals surface area contributed by atoms with Crippen LogP contribution in [0.1, 0.15) is 30.1 Å². The summed E-state index contributed by atoms with van der Waals surface area (Å²) in [4.78, 5) is 2.50. The van der Waals surface area contributed by atoms with Crippen LogP contribution in [0.15, 0.2) is 48.5 Å². The van der Waals surface area contributed by atoms with E-state index in [2.05, 4.69) is 35.2 Å². The van der Waals surface area contributed by atoms with Crippen LogP contribution in [0.4, 0.5) is 0 Å². The number of hydrogen-bond acceptors (Lipinski definition) is 4. The number of hydrogen-bond donors (Lipinski definition) is 1. The first-order valence-electron chi connectivity index (χ1n) is 9.38. The molecule has 0 aromatic heterocycles. The summed E-state index contributed by atoms with van der Waals surface area (Å²) < 4.78 is 10.9. The van der Waals surface area contributed by atoms with Crippen molar-refractivity contribution in [3.8, 4) is 11.5 Å². The van der Waals surface area contributed by atoms with Gasteiger partial charge in [-0.15, -0.1) is 0 Å². The van der Waals surface area contributed by atoms with E-state index in [1.165, 1.54) is 5.56 Å². The normalized spacial score (nSPS) is 17.0. The minimum Gasteiger partial charge on any atom is -0.493 e. The molecule has 1 unspecified atom stereocenters. The van der Waals surface area contributed by atoms with Gasteiger partial charge in [0.05, 0.1) is 20.3 Å². The number of rotatable bonds is 7. The second kappa shape index (κ2) is 9.06. The third-order valence-electron chi connectivity index (χ3n) is 5.39. The molecule has 1 aliphatic rings. The first-order valence-corrected chi connectivity index (χ1v) is 9.38. The van der Waals surface area contributed by atoms with Gasteiger partial charge in [0.25, 0.3) is 0 Å². The zero-order valence-electron chi connectivity index (χ0n) is 15.7. The Morgan fingerprint density at radius 2 is 1.73 bits per heavy atom. The Morgan fingerprint density at radius 3 is 2.38 bits per heavy atom. The summed E-state index contributed by atoms with van der Waals surface area (Å²) in [6, 6.07) is 16.3. The molecular formula is C22H29NO3. The predicted molar refractivity (Wildman–Crippen MR) is 104 cm³/mol. The van der Waals surface area contributed by atoms with Crippen molar-refractivity contribution >= 4 is 0 Å². The lowest BCUT2D eigenvalue weighted by atomic mass is 9.87. The Morgan fingerprint density at radius 1 is 1.00 bits per heavy atom. The number of nitrogens with zero attached hydrogens (tertiary/aromatic N) is 1. The molecule has 0 radical (unpaired) electrons. The van der Waals surface area contributed by atoms with Crippen molar-refractivity contribution in [2.75, 3.05) is 33.9 Å². The summed E-state index contributed by atoms with van der Waals surface area (Å²) in [6.45, 7) is 3.14. The van der Waals surface area contributed by atoms with Gasteiger partial charge < -0.3 is 19.5 Å². The van der Waals surface area contributed by atoms with Crippen molar-refractivity contribution in [3.63, 3.8) is 0 Å². The predicted octanol–water partition coefficient (Wildman–Crippen LogP) is 3.69. The van der Waals surface area contributed by atoms with Crippen LogP contribution in [0.25, 0.3) is 0 Å². The summed E-state index contributed by atoms with van der Waals surface area (Å²) in [7, 11) is 3.25. The molecule has 2 aromatic rings. The molecule has 3 rings (SSSR count). The van der Waals surface area contributed by atoms with E-state index in [1.54, 1.807) is 14.2 Å². The molecule has 1 fully saturated rings. The molecule has 0 saturated carbocycles. The van der Waals surface area contributed by atoms with Gasteiger partial charge in [-0.25, -0.2) is 0 Å². The Hall–Kier alpha value is -2.04. The van der Waals surface area contributed by atoms with E-state index in [1.807, 2.05) is 18.2 Å². The number of para-hydroxylation sites is 1.